The highest BCUT2D eigenvalue weighted by atomic mass is 32.2. The second-order valence-electron chi connectivity index (χ2n) is 8.58. The van der Waals surface area contributed by atoms with Crippen LogP contribution in [0.25, 0.3) is 0 Å². The Morgan fingerprint density at radius 2 is 1.86 bits per heavy atom. The Balaban J connectivity index is 1.58. The zero-order chi connectivity index (χ0) is 21.0. The molecule has 2 fully saturated rings. The van der Waals surface area contributed by atoms with Gasteiger partial charge in [-0.3, -0.25) is 4.79 Å². The van der Waals surface area contributed by atoms with Crippen LogP contribution in [0.4, 0.5) is 0 Å². The van der Waals surface area contributed by atoms with Gasteiger partial charge in [-0.05, 0) is 62.5 Å². The molecule has 1 aromatic rings. The highest BCUT2D eigenvalue weighted by molar-refractivity contribution is 7.88. The molecule has 0 bridgehead atoms. The van der Waals surface area contributed by atoms with E-state index in [1.165, 1.54) is 17.4 Å². The van der Waals surface area contributed by atoms with Gasteiger partial charge in [0.15, 0.2) is 0 Å². The molecule has 1 saturated carbocycles. The van der Waals surface area contributed by atoms with Crippen molar-refractivity contribution in [2.24, 2.45) is 0 Å². The first-order valence-electron chi connectivity index (χ1n) is 10.7. The molecule has 7 heteroatoms. The van der Waals surface area contributed by atoms with E-state index in [0.29, 0.717) is 19.1 Å². The van der Waals surface area contributed by atoms with E-state index >= 15 is 0 Å². The van der Waals surface area contributed by atoms with Crippen molar-refractivity contribution in [3.05, 3.63) is 35.4 Å². The number of amides is 1. The number of benzene rings is 1. The summed E-state index contributed by atoms with van der Waals surface area (Å²) in [6, 6.07) is 8.07. The molecule has 1 heterocycles. The van der Waals surface area contributed by atoms with Crippen molar-refractivity contribution in [2.45, 2.75) is 76.5 Å². The molecule has 0 radical (unpaired) electrons. The summed E-state index contributed by atoms with van der Waals surface area (Å²) in [5.74, 6) is 0.556. The van der Waals surface area contributed by atoms with E-state index in [9.17, 15) is 13.2 Å². The summed E-state index contributed by atoms with van der Waals surface area (Å²) in [4.78, 5) is 13.9. The van der Waals surface area contributed by atoms with Crippen LogP contribution in [0.15, 0.2) is 24.3 Å². The van der Waals surface area contributed by atoms with Crippen molar-refractivity contribution < 1.29 is 17.9 Å². The molecule has 1 aliphatic heterocycles. The highest BCUT2D eigenvalue weighted by Gasteiger charge is 2.35. The molecule has 2 aliphatic rings. The third kappa shape index (κ3) is 6.03. The second kappa shape index (κ2) is 9.58. The number of carbonyl (C=O) groups is 1. The lowest BCUT2D eigenvalue weighted by Gasteiger charge is -2.41. The van der Waals surface area contributed by atoms with Crippen LogP contribution in [0.2, 0.25) is 0 Å². The van der Waals surface area contributed by atoms with Gasteiger partial charge in [0.2, 0.25) is 15.9 Å². The first kappa shape index (κ1) is 22.2. The fraction of sp³-hybridized carbons (Fsp3) is 0.682. The molecule has 1 saturated heterocycles. The molecule has 162 valence electrons. The van der Waals surface area contributed by atoms with E-state index in [1.807, 2.05) is 0 Å². The average Bonchev–Trinajstić information content (AvgIpc) is 2.66. The minimum atomic E-state index is -3.33. The summed E-state index contributed by atoms with van der Waals surface area (Å²) in [6.45, 7) is 4.76. The summed E-state index contributed by atoms with van der Waals surface area (Å²) in [5.41, 5.74) is 2.80. The third-order valence-electron chi connectivity index (χ3n) is 6.35. The molecule has 29 heavy (non-hydrogen) atoms. The number of sulfonamides is 1. The normalized spacial score (nSPS) is 28.3. The van der Waals surface area contributed by atoms with E-state index in [4.69, 9.17) is 4.74 Å². The van der Waals surface area contributed by atoms with Gasteiger partial charge in [0.1, 0.15) is 0 Å². The lowest BCUT2D eigenvalue weighted by molar-refractivity contribution is -0.136. The molecular weight excluding hydrogens is 388 g/mol. The fourth-order valence-electron chi connectivity index (χ4n) is 4.89. The number of hydrogen-bond donors (Lipinski definition) is 1. The Labute approximate surface area is 175 Å². The summed E-state index contributed by atoms with van der Waals surface area (Å²) in [5, 5.41) is 0. The predicted octanol–water partition coefficient (Wildman–Crippen LogP) is 2.97. The van der Waals surface area contributed by atoms with Crippen molar-refractivity contribution in [3.63, 3.8) is 0 Å². The Morgan fingerprint density at radius 3 is 2.48 bits per heavy atom. The van der Waals surface area contributed by atoms with Crippen LogP contribution < -0.4 is 4.72 Å². The summed E-state index contributed by atoms with van der Waals surface area (Å²) >= 11 is 0. The van der Waals surface area contributed by atoms with E-state index in [2.05, 4.69) is 35.9 Å². The van der Waals surface area contributed by atoms with Crippen molar-refractivity contribution >= 4 is 15.9 Å². The lowest BCUT2D eigenvalue weighted by atomic mass is 9.81. The zero-order valence-corrected chi connectivity index (χ0v) is 18.6. The molecule has 0 aromatic heterocycles. The average molecular weight is 423 g/mol. The zero-order valence-electron chi connectivity index (χ0n) is 17.8. The summed E-state index contributed by atoms with van der Waals surface area (Å²) < 4.78 is 32.5. The minimum Gasteiger partial charge on any atom is -0.376 e. The smallest absolute Gasteiger partial charge is 0.219 e. The van der Waals surface area contributed by atoms with Crippen LogP contribution in [-0.4, -0.2) is 56.8 Å². The molecule has 1 N–H and O–H groups in total. The van der Waals surface area contributed by atoms with Crippen LogP contribution in [0.1, 0.15) is 62.5 Å². The second-order valence-corrected chi connectivity index (χ2v) is 10.4. The van der Waals surface area contributed by atoms with Crippen LogP contribution in [-0.2, 0) is 19.6 Å². The van der Waals surface area contributed by atoms with Gasteiger partial charge in [0.05, 0.1) is 25.0 Å². The molecule has 3 rings (SSSR count). The highest BCUT2D eigenvalue weighted by Crippen LogP contribution is 2.35. The van der Waals surface area contributed by atoms with Crippen LogP contribution in [0.3, 0.4) is 0 Å². The molecule has 6 nitrogen and oxygen atoms in total. The largest absolute Gasteiger partial charge is 0.376 e. The number of piperidine rings is 1. The van der Waals surface area contributed by atoms with E-state index in [0.717, 1.165) is 38.5 Å². The van der Waals surface area contributed by atoms with Gasteiger partial charge in [0, 0.05) is 19.5 Å². The Bertz CT molecular complexity index is 803. The monoisotopic (exact) mass is 422 g/mol. The fourth-order valence-corrected chi connectivity index (χ4v) is 5.71. The number of hydrogen-bond acceptors (Lipinski definition) is 4. The number of nitrogens with zero attached hydrogens (tertiary/aromatic N) is 1. The van der Waals surface area contributed by atoms with Crippen molar-refractivity contribution in [2.75, 3.05) is 19.4 Å². The van der Waals surface area contributed by atoms with E-state index < -0.39 is 10.0 Å². The van der Waals surface area contributed by atoms with Crippen molar-refractivity contribution in [1.29, 1.82) is 0 Å². The maximum atomic E-state index is 12.1. The number of likely N-dealkylation sites (tertiary alicyclic amines) is 1. The third-order valence-corrected chi connectivity index (χ3v) is 7.08. The van der Waals surface area contributed by atoms with Gasteiger partial charge in [-0.1, -0.05) is 24.3 Å². The number of ether oxygens (including phenoxy) is 1. The summed E-state index contributed by atoms with van der Waals surface area (Å²) in [6.07, 6.45) is 7.06. The van der Waals surface area contributed by atoms with Gasteiger partial charge in [-0.15, -0.1) is 0 Å². The molecular formula is C22H34N2O4S. The molecule has 1 aliphatic carbocycles. The molecule has 1 amide bonds. The first-order valence-corrected chi connectivity index (χ1v) is 12.6. The molecule has 2 atom stereocenters. The standard InChI is InChI=1S/C22H34N2O4S/c1-16-7-4-5-8-20(16)18-10-12-19(13-11-18)28-15-22-21(23-29(3,26)27)9-6-14-24(22)17(2)25/h4-5,7-8,18-19,21-23H,6,9-15H2,1-3H3/t18-,19+,21-,22-/m0/s1. The Kier molecular flexibility index (Phi) is 7.35. The lowest BCUT2D eigenvalue weighted by Crippen LogP contribution is -2.58. The molecule has 0 spiro atoms. The quantitative estimate of drug-likeness (QED) is 0.765. The van der Waals surface area contributed by atoms with Crippen molar-refractivity contribution in [1.82, 2.24) is 9.62 Å². The van der Waals surface area contributed by atoms with Gasteiger partial charge in [-0.25, -0.2) is 13.1 Å². The maximum Gasteiger partial charge on any atom is 0.219 e. The minimum absolute atomic E-state index is 0.0261. The van der Waals surface area contributed by atoms with Crippen LogP contribution >= 0.6 is 0 Å². The Morgan fingerprint density at radius 1 is 1.17 bits per heavy atom. The van der Waals surface area contributed by atoms with Crippen molar-refractivity contribution in [3.8, 4) is 0 Å². The first-order chi connectivity index (χ1) is 13.7. The van der Waals surface area contributed by atoms with Gasteiger partial charge >= 0.3 is 0 Å². The molecule has 1 aromatic carbocycles. The van der Waals surface area contributed by atoms with Crippen LogP contribution in [0.5, 0.6) is 0 Å². The predicted molar refractivity (Wildman–Crippen MR) is 114 cm³/mol. The van der Waals surface area contributed by atoms with Gasteiger partial charge in [-0.2, -0.15) is 0 Å². The number of carbonyl (C=O) groups excluding carboxylic acids is 1. The van der Waals surface area contributed by atoms with Gasteiger partial charge in [0.25, 0.3) is 0 Å². The SMILES string of the molecule is CC(=O)N1CCC[C@H](NS(C)(=O)=O)[C@@H]1CO[C@H]1CC[C@@H](c2ccccc2C)CC1. The van der Waals surface area contributed by atoms with E-state index in [1.54, 1.807) is 11.8 Å². The topological polar surface area (TPSA) is 75.7 Å². The number of aryl methyl sites for hydroxylation is 1. The number of nitrogens with one attached hydrogen (secondary N) is 1. The molecule has 0 unspecified atom stereocenters. The Hall–Kier alpha value is -1.44. The maximum absolute atomic E-state index is 12.1. The number of rotatable bonds is 6. The summed E-state index contributed by atoms with van der Waals surface area (Å²) in [7, 11) is -3.33. The van der Waals surface area contributed by atoms with E-state index in [-0.39, 0.29) is 24.1 Å². The van der Waals surface area contributed by atoms with Crippen LogP contribution in [0, 0.1) is 6.92 Å². The van der Waals surface area contributed by atoms with Gasteiger partial charge < -0.3 is 9.64 Å².